The summed E-state index contributed by atoms with van der Waals surface area (Å²) in [7, 11) is 0. The van der Waals surface area contributed by atoms with Gasteiger partial charge >= 0.3 is 0 Å². The molecular weight excluding hydrogens is 348 g/mol. The molecular formula is C20H24N2O5. The third-order valence-corrected chi connectivity index (χ3v) is 3.80. The molecule has 144 valence electrons. The molecule has 0 atom stereocenters. The van der Waals surface area contributed by atoms with Gasteiger partial charge in [0.2, 0.25) is 5.91 Å². The minimum atomic E-state index is -0.443. The maximum atomic E-state index is 11.9. The van der Waals surface area contributed by atoms with Crippen molar-refractivity contribution >= 4 is 11.8 Å². The molecule has 7 heteroatoms. The number of rotatable bonds is 9. The topological polar surface area (TPSA) is 108 Å². The number of carbonyl (C=O) groups excluding carboxylic acids is 2. The largest absolute Gasteiger partial charge is 0.508 e. The number of phenolic OH excluding ortho intramolecular Hbond substituents is 2. The van der Waals surface area contributed by atoms with Crippen LogP contribution in [0, 0.1) is 6.92 Å². The number of hydrogen-bond acceptors (Lipinski definition) is 5. The van der Waals surface area contributed by atoms with Gasteiger partial charge in [0.05, 0.1) is 6.61 Å². The Morgan fingerprint density at radius 1 is 1.00 bits per heavy atom. The Morgan fingerprint density at radius 3 is 2.37 bits per heavy atom. The molecule has 7 nitrogen and oxygen atoms in total. The maximum Gasteiger partial charge on any atom is 0.251 e. The van der Waals surface area contributed by atoms with Gasteiger partial charge in [0.25, 0.3) is 5.91 Å². The van der Waals surface area contributed by atoms with Gasteiger partial charge in [0, 0.05) is 31.1 Å². The molecule has 0 saturated heterocycles. The predicted molar refractivity (Wildman–Crippen MR) is 101 cm³/mol. The highest BCUT2D eigenvalue weighted by molar-refractivity contribution is 5.95. The average Bonchev–Trinajstić information content (AvgIpc) is 2.62. The number of benzene rings is 2. The minimum absolute atomic E-state index is 0.118. The molecule has 0 aromatic heterocycles. The van der Waals surface area contributed by atoms with Gasteiger partial charge < -0.3 is 25.6 Å². The summed E-state index contributed by atoms with van der Waals surface area (Å²) >= 11 is 0. The zero-order valence-corrected chi connectivity index (χ0v) is 15.2. The zero-order chi connectivity index (χ0) is 19.6. The van der Waals surface area contributed by atoms with Crippen LogP contribution in [0.1, 0.15) is 28.8 Å². The van der Waals surface area contributed by atoms with Gasteiger partial charge in [-0.1, -0.05) is 18.2 Å². The molecule has 0 spiro atoms. The number of ether oxygens (including phenoxy) is 1. The number of para-hydroxylation sites is 1. The zero-order valence-electron chi connectivity index (χ0n) is 15.2. The van der Waals surface area contributed by atoms with E-state index in [4.69, 9.17) is 4.74 Å². The van der Waals surface area contributed by atoms with Crippen molar-refractivity contribution in [1.82, 2.24) is 10.6 Å². The van der Waals surface area contributed by atoms with E-state index in [0.29, 0.717) is 19.4 Å². The molecule has 0 aliphatic rings. The monoisotopic (exact) mass is 372 g/mol. The van der Waals surface area contributed by atoms with Crippen molar-refractivity contribution in [3.8, 4) is 17.2 Å². The highest BCUT2D eigenvalue weighted by atomic mass is 16.5. The van der Waals surface area contributed by atoms with E-state index < -0.39 is 5.91 Å². The van der Waals surface area contributed by atoms with Gasteiger partial charge in [-0.3, -0.25) is 9.59 Å². The molecule has 2 aromatic carbocycles. The van der Waals surface area contributed by atoms with Crippen molar-refractivity contribution in [3.63, 3.8) is 0 Å². The van der Waals surface area contributed by atoms with E-state index in [0.717, 1.165) is 17.4 Å². The highest BCUT2D eigenvalue weighted by Gasteiger charge is 2.08. The molecule has 0 heterocycles. The Morgan fingerprint density at radius 2 is 1.67 bits per heavy atom. The summed E-state index contributed by atoms with van der Waals surface area (Å²) in [6.45, 7) is 2.94. The normalized spacial score (nSPS) is 10.3. The summed E-state index contributed by atoms with van der Waals surface area (Å²) in [6, 6.07) is 11.3. The van der Waals surface area contributed by atoms with Gasteiger partial charge in [-0.05, 0) is 37.1 Å². The Bertz CT molecular complexity index is 771. The molecule has 2 aromatic rings. The summed E-state index contributed by atoms with van der Waals surface area (Å²) < 4.78 is 5.63. The van der Waals surface area contributed by atoms with Gasteiger partial charge in [-0.15, -0.1) is 0 Å². The van der Waals surface area contributed by atoms with Crippen molar-refractivity contribution in [3.05, 3.63) is 53.6 Å². The number of carbonyl (C=O) groups is 2. The second kappa shape index (κ2) is 10.1. The first kappa shape index (κ1) is 20.1. The minimum Gasteiger partial charge on any atom is -0.508 e. The third-order valence-electron chi connectivity index (χ3n) is 3.80. The summed E-state index contributed by atoms with van der Waals surface area (Å²) in [4.78, 5) is 23.7. The second-order valence-corrected chi connectivity index (χ2v) is 6.06. The summed E-state index contributed by atoms with van der Waals surface area (Å²) in [5.41, 5.74) is 1.20. The lowest BCUT2D eigenvalue weighted by Gasteiger charge is -2.09. The fraction of sp³-hybridized carbons (Fsp3) is 0.300. The van der Waals surface area contributed by atoms with Crippen LogP contribution in [0.5, 0.6) is 17.2 Å². The number of aryl methyl sites for hydroxylation is 1. The molecule has 4 N–H and O–H groups in total. The lowest BCUT2D eigenvalue weighted by Crippen LogP contribution is -2.34. The predicted octanol–water partition coefficient (Wildman–Crippen LogP) is 2.11. The number of phenols is 2. The van der Waals surface area contributed by atoms with E-state index in [2.05, 4.69) is 10.6 Å². The Labute approximate surface area is 158 Å². The molecule has 0 aliphatic heterocycles. The fourth-order valence-electron chi connectivity index (χ4n) is 2.43. The van der Waals surface area contributed by atoms with E-state index in [1.165, 1.54) is 12.1 Å². The number of nitrogens with one attached hydrogen (secondary N) is 2. The van der Waals surface area contributed by atoms with Gasteiger partial charge in [0.15, 0.2) is 0 Å². The quantitative estimate of drug-likeness (QED) is 0.504. The summed E-state index contributed by atoms with van der Waals surface area (Å²) in [5.74, 6) is -0.129. The van der Waals surface area contributed by atoms with Crippen LogP contribution in [0.2, 0.25) is 0 Å². The van der Waals surface area contributed by atoms with Crippen molar-refractivity contribution in [2.45, 2.75) is 19.8 Å². The molecule has 2 amide bonds. The number of aromatic hydroxyl groups is 2. The van der Waals surface area contributed by atoms with Gasteiger partial charge in [-0.25, -0.2) is 0 Å². The molecule has 0 aliphatic carbocycles. The first-order valence-electron chi connectivity index (χ1n) is 8.72. The van der Waals surface area contributed by atoms with Crippen LogP contribution in [0.4, 0.5) is 0 Å². The smallest absolute Gasteiger partial charge is 0.251 e. The van der Waals surface area contributed by atoms with Crippen molar-refractivity contribution < 1.29 is 24.5 Å². The summed E-state index contributed by atoms with van der Waals surface area (Å²) in [6.07, 6.45) is 0.926. The summed E-state index contributed by atoms with van der Waals surface area (Å²) in [5, 5.41) is 24.1. The molecule has 0 saturated carbocycles. The number of amides is 2. The van der Waals surface area contributed by atoms with Crippen LogP contribution in [0.25, 0.3) is 0 Å². The lowest BCUT2D eigenvalue weighted by molar-refractivity contribution is -0.121. The van der Waals surface area contributed by atoms with Crippen LogP contribution < -0.4 is 15.4 Å². The molecule has 0 unspecified atom stereocenters. The lowest BCUT2D eigenvalue weighted by atomic mass is 10.2. The van der Waals surface area contributed by atoms with E-state index >= 15 is 0 Å². The van der Waals surface area contributed by atoms with Crippen molar-refractivity contribution in [1.29, 1.82) is 0 Å². The second-order valence-electron chi connectivity index (χ2n) is 6.06. The van der Waals surface area contributed by atoms with Crippen LogP contribution in [0.15, 0.2) is 42.5 Å². The number of hydrogen-bond donors (Lipinski definition) is 4. The average molecular weight is 372 g/mol. The first-order chi connectivity index (χ1) is 13.0. The van der Waals surface area contributed by atoms with E-state index in [9.17, 15) is 19.8 Å². The van der Waals surface area contributed by atoms with Crippen LogP contribution in [-0.4, -0.2) is 41.7 Å². The van der Waals surface area contributed by atoms with Crippen LogP contribution in [0.3, 0.4) is 0 Å². The molecule has 0 radical (unpaired) electrons. The van der Waals surface area contributed by atoms with Crippen LogP contribution in [-0.2, 0) is 4.79 Å². The molecule has 27 heavy (non-hydrogen) atoms. The molecule has 0 bridgehead atoms. The SMILES string of the molecule is Cc1ccccc1OCCCC(=O)NCCNC(=O)c1cc(O)cc(O)c1. The third kappa shape index (κ3) is 6.89. The van der Waals surface area contributed by atoms with Gasteiger partial charge in [-0.2, -0.15) is 0 Å². The van der Waals surface area contributed by atoms with E-state index in [1.807, 2.05) is 31.2 Å². The Hall–Kier alpha value is -3.22. The maximum absolute atomic E-state index is 11.9. The van der Waals surface area contributed by atoms with E-state index in [1.54, 1.807) is 0 Å². The fourth-order valence-corrected chi connectivity index (χ4v) is 2.43. The molecule has 2 rings (SSSR count). The van der Waals surface area contributed by atoms with Crippen molar-refractivity contribution in [2.75, 3.05) is 19.7 Å². The first-order valence-corrected chi connectivity index (χ1v) is 8.72. The highest BCUT2D eigenvalue weighted by Crippen LogP contribution is 2.20. The standard InChI is InChI=1S/C20H24N2O5/c1-14-5-2-3-6-18(14)27-10-4-7-19(25)21-8-9-22-20(26)15-11-16(23)13-17(24)12-15/h2-3,5-6,11-13,23-24H,4,7-10H2,1H3,(H,21,25)(H,22,26). The Balaban J connectivity index is 1.59. The van der Waals surface area contributed by atoms with Gasteiger partial charge in [0.1, 0.15) is 17.2 Å². The van der Waals surface area contributed by atoms with Crippen molar-refractivity contribution in [2.24, 2.45) is 0 Å². The Kier molecular flexibility index (Phi) is 7.49. The van der Waals surface area contributed by atoms with Crippen LogP contribution >= 0.6 is 0 Å². The molecule has 0 fully saturated rings. The van der Waals surface area contributed by atoms with E-state index in [-0.39, 0.29) is 36.1 Å².